The maximum Gasteiger partial charge on any atom is 0.258 e. The van der Waals surface area contributed by atoms with Gasteiger partial charge in [0.15, 0.2) is 4.80 Å². The van der Waals surface area contributed by atoms with Crippen LogP contribution in [-0.2, 0) is 16.1 Å². The second-order valence-corrected chi connectivity index (χ2v) is 9.71. The standard InChI is InChI=1S/C20H24BrN3O2S2/c1-2-10-24-16-9-8-14(21)11-17(16)28-20(24)23-19(26)13-27-12-18(25)22-15-6-4-3-5-7-15/h2,8-9,11,15H,1,3-7,10,12-13H2,(H,22,25). The number of nitrogens with zero attached hydrogens (tertiary/aromatic N) is 2. The molecule has 0 aliphatic heterocycles. The zero-order valence-electron chi connectivity index (χ0n) is 15.7. The molecule has 3 rings (SSSR count). The fourth-order valence-corrected chi connectivity index (χ4v) is 5.54. The molecule has 2 amide bonds. The number of rotatable bonds is 7. The Kier molecular flexibility index (Phi) is 7.93. The Balaban J connectivity index is 1.60. The second-order valence-electron chi connectivity index (χ2n) is 6.80. The number of nitrogens with one attached hydrogen (secondary N) is 1. The van der Waals surface area contributed by atoms with Gasteiger partial charge in [-0.05, 0) is 31.0 Å². The highest BCUT2D eigenvalue weighted by atomic mass is 79.9. The molecule has 1 aliphatic rings. The van der Waals surface area contributed by atoms with Crippen molar-refractivity contribution in [2.75, 3.05) is 11.5 Å². The molecule has 1 aromatic heterocycles. The van der Waals surface area contributed by atoms with Crippen LogP contribution in [-0.4, -0.2) is 33.9 Å². The van der Waals surface area contributed by atoms with Gasteiger partial charge >= 0.3 is 0 Å². The molecule has 0 radical (unpaired) electrons. The predicted octanol–water partition coefficient (Wildman–Crippen LogP) is 4.26. The van der Waals surface area contributed by atoms with E-state index in [0.717, 1.165) is 27.5 Å². The Morgan fingerprint density at radius 1 is 1.32 bits per heavy atom. The zero-order chi connectivity index (χ0) is 19.9. The van der Waals surface area contributed by atoms with Crippen molar-refractivity contribution in [1.29, 1.82) is 0 Å². The number of allylic oxidation sites excluding steroid dienone is 1. The van der Waals surface area contributed by atoms with Crippen LogP contribution in [0, 0.1) is 0 Å². The molecular weight excluding hydrogens is 458 g/mol. The van der Waals surface area contributed by atoms with Gasteiger partial charge in [-0.15, -0.1) is 18.3 Å². The number of fused-ring (bicyclic) bond motifs is 1. The summed E-state index contributed by atoms with van der Waals surface area (Å²) >= 11 is 6.27. The maximum atomic E-state index is 12.3. The molecule has 1 aromatic carbocycles. The van der Waals surface area contributed by atoms with Crippen LogP contribution in [0.5, 0.6) is 0 Å². The quantitative estimate of drug-likeness (QED) is 0.600. The fourth-order valence-electron chi connectivity index (χ4n) is 3.32. The van der Waals surface area contributed by atoms with Crippen LogP contribution in [0.25, 0.3) is 10.2 Å². The number of benzene rings is 1. The average molecular weight is 482 g/mol. The first-order valence-corrected chi connectivity index (χ1v) is 12.2. The van der Waals surface area contributed by atoms with Crippen LogP contribution in [0.1, 0.15) is 32.1 Å². The molecule has 0 saturated heterocycles. The van der Waals surface area contributed by atoms with Crippen molar-refractivity contribution in [2.45, 2.75) is 44.7 Å². The monoisotopic (exact) mass is 481 g/mol. The fraction of sp³-hybridized carbons (Fsp3) is 0.450. The summed E-state index contributed by atoms with van der Waals surface area (Å²) in [6.07, 6.45) is 7.56. The molecular formula is C20H24BrN3O2S2. The Bertz CT molecular complexity index is 929. The van der Waals surface area contributed by atoms with E-state index in [2.05, 4.69) is 32.8 Å². The van der Waals surface area contributed by atoms with Gasteiger partial charge in [0.25, 0.3) is 5.91 Å². The summed E-state index contributed by atoms with van der Waals surface area (Å²) in [5.74, 6) is 0.283. The lowest BCUT2D eigenvalue weighted by Gasteiger charge is -2.22. The molecule has 8 heteroatoms. The highest BCUT2D eigenvalue weighted by Gasteiger charge is 2.16. The van der Waals surface area contributed by atoms with E-state index in [4.69, 9.17) is 0 Å². The summed E-state index contributed by atoms with van der Waals surface area (Å²) in [5.41, 5.74) is 1.03. The number of hydrogen-bond acceptors (Lipinski definition) is 4. The van der Waals surface area contributed by atoms with Gasteiger partial charge in [-0.3, -0.25) is 9.59 Å². The van der Waals surface area contributed by atoms with Gasteiger partial charge in [-0.25, -0.2) is 0 Å². The van der Waals surface area contributed by atoms with E-state index < -0.39 is 0 Å². The number of carbonyl (C=O) groups is 2. The lowest BCUT2D eigenvalue weighted by molar-refractivity contribution is -0.119. The van der Waals surface area contributed by atoms with Crippen molar-refractivity contribution in [3.8, 4) is 0 Å². The molecule has 1 aliphatic carbocycles. The molecule has 1 fully saturated rings. The molecule has 5 nitrogen and oxygen atoms in total. The van der Waals surface area contributed by atoms with Crippen LogP contribution in [0.3, 0.4) is 0 Å². The highest BCUT2D eigenvalue weighted by Crippen LogP contribution is 2.22. The summed E-state index contributed by atoms with van der Waals surface area (Å²) in [6.45, 7) is 4.38. The van der Waals surface area contributed by atoms with Crippen molar-refractivity contribution < 1.29 is 9.59 Å². The summed E-state index contributed by atoms with van der Waals surface area (Å²) in [5, 5.41) is 3.07. The molecule has 0 bridgehead atoms. The van der Waals surface area contributed by atoms with Gasteiger partial charge < -0.3 is 9.88 Å². The molecule has 1 saturated carbocycles. The minimum atomic E-state index is -0.223. The summed E-state index contributed by atoms with van der Waals surface area (Å²) < 4.78 is 4.03. The lowest BCUT2D eigenvalue weighted by Crippen LogP contribution is -2.37. The molecule has 1 N–H and O–H groups in total. The molecule has 0 atom stereocenters. The Labute approximate surface area is 181 Å². The van der Waals surface area contributed by atoms with Gasteiger partial charge in [0.05, 0.1) is 21.7 Å². The molecule has 28 heavy (non-hydrogen) atoms. The average Bonchev–Trinajstić information content (AvgIpc) is 2.99. The minimum absolute atomic E-state index is 0.0122. The number of aromatic nitrogens is 1. The van der Waals surface area contributed by atoms with E-state index in [1.54, 1.807) is 6.08 Å². The SMILES string of the molecule is C=CCn1c(=NC(=O)CSCC(=O)NC2CCCCC2)sc2cc(Br)ccc21. The maximum absolute atomic E-state index is 12.3. The third-order valence-electron chi connectivity index (χ3n) is 4.61. The van der Waals surface area contributed by atoms with E-state index >= 15 is 0 Å². The summed E-state index contributed by atoms with van der Waals surface area (Å²) in [6, 6.07) is 6.31. The molecule has 1 heterocycles. The first kappa shape index (κ1) is 21.3. The first-order chi connectivity index (χ1) is 13.6. The number of carbonyl (C=O) groups excluding carboxylic acids is 2. The van der Waals surface area contributed by atoms with E-state index in [1.165, 1.54) is 42.4 Å². The van der Waals surface area contributed by atoms with Crippen LogP contribution >= 0.6 is 39.0 Å². The van der Waals surface area contributed by atoms with E-state index in [0.29, 0.717) is 23.1 Å². The largest absolute Gasteiger partial charge is 0.353 e. The Morgan fingerprint density at radius 3 is 2.86 bits per heavy atom. The number of amides is 2. The van der Waals surface area contributed by atoms with Crippen LogP contribution in [0.2, 0.25) is 0 Å². The topological polar surface area (TPSA) is 63.5 Å². The van der Waals surface area contributed by atoms with Crippen molar-refractivity contribution in [1.82, 2.24) is 9.88 Å². The zero-order valence-corrected chi connectivity index (χ0v) is 18.9. The van der Waals surface area contributed by atoms with Gasteiger partial charge in [0, 0.05) is 17.1 Å². The third-order valence-corrected chi connectivity index (χ3v) is 7.06. The molecule has 2 aromatic rings. The Morgan fingerprint density at radius 2 is 2.11 bits per heavy atom. The minimum Gasteiger partial charge on any atom is -0.353 e. The van der Waals surface area contributed by atoms with Gasteiger partial charge in [-0.2, -0.15) is 4.99 Å². The van der Waals surface area contributed by atoms with Crippen LogP contribution in [0.15, 0.2) is 40.3 Å². The van der Waals surface area contributed by atoms with Gasteiger partial charge in [-0.1, -0.05) is 52.6 Å². The predicted molar refractivity (Wildman–Crippen MR) is 121 cm³/mol. The van der Waals surface area contributed by atoms with Crippen molar-refractivity contribution >= 4 is 61.1 Å². The number of halogens is 1. The normalized spacial score (nSPS) is 15.7. The molecule has 0 spiro atoms. The second kappa shape index (κ2) is 10.4. The number of hydrogen-bond donors (Lipinski definition) is 1. The van der Waals surface area contributed by atoms with Crippen molar-refractivity contribution in [2.24, 2.45) is 4.99 Å². The van der Waals surface area contributed by atoms with E-state index in [-0.39, 0.29) is 17.6 Å². The lowest BCUT2D eigenvalue weighted by atomic mass is 9.95. The van der Waals surface area contributed by atoms with Crippen molar-refractivity contribution in [3.05, 3.63) is 40.1 Å². The summed E-state index contributed by atoms with van der Waals surface area (Å²) in [4.78, 5) is 29.3. The van der Waals surface area contributed by atoms with Crippen molar-refractivity contribution in [3.63, 3.8) is 0 Å². The number of thiazole rings is 1. The number of thioether (sulfide) groups is 1. The highest BCUT2D eigenvalue weighted by molar-refractivity contribution is 9.10. The molecule has 150 valence electrons. The molecule has 0 unspecified atom stereocenters. The summed E-state index contributed by atoms with van der Waals surface area (Å²) in [7, 11) is 0. The van der Waals surface area contributed by atoms with Crippen LogP contribution < -0.4 is 10.1 Å². The smallest absolute Gasteiger partial charge is 0.258 e. The first-order valence-electron chi connectivity index (χ1n) is 9.41. The van der Waals surface area contributed by atoms with Crippen LogP contribution in [0.4, 0.5) is 0 Å². The van der Waals surface area contributed by atoms with Gasteiger partial charge in [0.1, 0.15) is 0 Å². The Hall–Kier alpha value is -1.38. The van der Waals surface area contributed by atoms with E-state index in [1.807, 2.05) is 22.8 Å². The van der Waals surface area contributed by atoms with E-state index in [9.17, 15) is 9.59 Å². The van der Waals surface area contributed by atoms with Gasteiger partial charge in [0.2, 0.25) is 5.91 Å². The third kappa shape index (κ3) is 5.81.